The minimum Gasteiger partial charge on any atom is -0.339 e. The molecule has 0 saturated carbocycles. The van der Waals surface area contributed by atoms with Gasteiger partial charge in [-0.25, -0.2) is 13.1 Å². The number of hydrogen-bond acceptors (Lipinski definition) is 4. The highest BCUT2D eigenvalue weighted by Crippen LogP contribution is 2.30. The Morgan fingerprint density at radius 2 is 2.08 bits per heavy atom. The minimum atomic E-state index is -4.64. The van der Waals surface area contributed by atoms with Crippen LogP contribution >= 0.6 is 12.4 Å². The average molecular weight is 402 g/mol. The molecule has 25 heavy (non-hydrogen) atoms. The van der Waals surface area contributed by atoms with Crippen LogP contribution in [0, 0.1) is 0 Å². The van der Waals surface area contributed by atoms with Crippen molar-refractivity contribution in [1.29, 1.82) is 0 Å². The zero-order valence-electron chi connectivity index (χ0n) is 13.3. The Kier molecular flexibility index (Phi) is 7.24. The molecule has 0 aliphatic carbocycles. The van der Waals surface area contributed by atoms with Crippen molar-refractivity contribution in [2.75, 3.05) is 26.2 Å². The monoisotopic (exact) mass is 401 g/mol. The highest BCUT2D eigenvalue weighted by molar-refractivity contribution is 7.89. The van der Waals surface area contributed by atoms with Crippen molar-refractivity contribution in [2.24, 2.45) is 0 Å². The molecule has 142 valence electrons. The largest absolute Gasteiger partial charge is 0.416 e. The molecule has 1 aliphatic rings. The van der Waals surface area contributed by atoms with Gasteiger partial charge in [0.2, 0.25) is 15.9 Å². The molecule has 0 bridgehead atoms. The van der Waals surface area contributed by atoms with Gasteiger partial charge < -0.3 is 10.2 Å². The van der Waals surface area contributed by atoms with Gasteiger partial charge in [0, 0.05) is 25.7 Å². The molecule has 0 radical (unpaired) electrons. The van der Waals surface area contributed by atoms with Crippen molar-refractivity contribution in [3.63, 3.8) is 0 Å². The number of alkyl halides is 3. The summed E-state index contributed by atoms with van der Waals surface area (Å²) in [5.41, 5.74) is -1.06. The number of rotatable bonds is 4. The fourth-order valence-electron chi connectivity index (χ4n) is 2.35. The average Bonchev–Trinajstić information content (AvgIpc) is 2.52. The molecule has 1 saturated heterocycles. The lowest BCUT2D eigenvalue weighted by Crippen LogP contribution is -2.53. The highest BCUT2D eigenvalue weighted by Gasteiger charge is 2.32. The number of sulfonamides is 1. The summed E-state index contributed by atoms with van der Waals surface area (Å²) in [7, 11) is -4.20. The molecule has 1 atom stereocenters. The predicted octanol–water partition coefficient (Wildman–Crippen LogP) is 1.23. The summed E-state index contributed by atoms with van der Waals surface area (Å²) in [6.45, 7) is 2.91. The highest BCUT2D eigenvalue weighted by atomic mass is 35.5. The second-order valence-electron chi connectivity index (χ2n) is 5.55. The summed E-state index contributed by atoms with van der Waals surface area (Å²) in [5, 5.41) is 3.15. The van der Waals surface area contributed by atoms with Crippen LogP contribution in [0.4, 0.5) is 13.2 Å². The molecule has 1 heterocycles. The lowest BCUT2D eigenvalue weighted by Gasteiger charge is -2.31. The molecule has 1 unspecified atom stereocenters. The third-order valence-electron chi connectivity index (χ3n) is 3.61. The van der Waals surface area contributed by atoms with Gasteiger partial charge in [-0.2, -0.15) is 13.2 Å². The second-order valence-corrected chi connectivity index (χ2v) is 7.31. The molecule has 1 aromatic rings. The summed E-state index contributed by atoms with van der Waals surface area (Å²) < 4.78 is 64.3. The number of nitrogens with one attached hydrogen (secondary N) is 2. The lowest BCUT2D eigenvalue weighted by atomic mass is 10.2. The fourth-order valence-corrected chi connectivity index (χ4v) is 3.37. The number of halogens is 4. The normalized spacial score (nSPS) is 18.6. The van der Waals surface area contributed by atoms with Crippen LogP contribution in [-0.4, -0.2) is 51.4 Å². The Bertz CT molecular complexity index is 713. The lowest BCUT2D eigenvalue weighted by molar-refractivity contribution is -0.137. The molecule has 1 aromatic carbocycles. The standard InChI is InChI=1S/C14H18F3N3O3S.ClH/c1-10-9-20(6-5-18-10)13(21)8-19-24(22,23)12-4-2-3-11(7-12)14(15,16)17;/h2-4,7,10,18-19H,5-6,8-9H2,1H3;1H. The van der Waals surface area contributed by atoms with Gasteiger partial charge in [0.25, 0.3) is 0 Å². The number of piperazine rings is 1. The zero-order chi connectivity index (χ0) is 18.0. The topological polar surface area (TPSA) is 78.5 Å². The number of hydrogen-bond donors (Lipinski definition) is 2. The van der Waals surface area contributed by atoms with Crippen LogP contribution in [0.15, 0.2) is 29.2 Å². The zero-order valence-corrected chi connectivity index (χ0v) is 15.0. The van der Waals surface area contributed by atoms with Crippen LogP contribution < -0.4 is 10.0 Å². The van der Waals surface area contributed by atoms with Gasteiger partial charge in [-0.15, -0.1) is 12.4 Å². The van der Waals surface area contributed by atoms with Crippen molar-refractivity contribution < 1.29 is 26.4 Å². The summed E-state index contributed by atoms with van der Waals surface area (Å²) in [5.74, 6) is -0.418. The summed E-state index contributed by atoms with van der Waals surface area (Å²) >= 11 is 0. The van der Waals surface area contributed by atoms with E-state index in [1.54, 1.807) is 0 Å². The molecule has 1 fully saturated rings. The Morgan fingerprint density at radius 1 is 1.40 bits per heavy atom. The number of amides is 1. The van der Waals surface area contributed by atoms with Gasteiger partial charge in [-0.3, -0.25) is 4.79 Å². The van der Waals surface area contributed by atoms with E-state index >= 15 is 0 Å². The van der Waals surface area contributed by atoms with Crippen LogP contribution in [-0.2, 0) is 21.0 Å². The molecule has 6 nitrogen and oxygen atoms in total. The molecule has 0 spiro atoms. The van der Waals surface area contributed by atoms with Crippen LogP contribution in [0.2, 0.25) is 0 Å². The smallest absolute Gasteiger partial charge is 0.339 e. The van der Waals surface area contributed by atoms with E-state index in [1.165, 1.54) is 4.90 Å². The van der Waals surface area contributed by atoms with Gasteiger partial charge in [-0.1, -0.05) is 6.07 Å². The molecule has 11 heteroatoms. The van der Waals surface area contributed by atoms with Crippen LogP contribution in [0.1, 0.15) is 12.5 Å². The van der Waals surface area contributed by atoms with Crippen LogP contribution in [0.5, 0.6) is 0 Å². The van der Waals surface area contributed by atoms with E-state index in [0.717, 1.165) is 18.2 Å². The Labute approximate surface area is 150 Å². The van der Waals surface area contributed by atoms with E-state index < -0.39 is 39.1 Å². The van der Waals surface area contributed by atoms with Gasteiger partial charge in [0.15, 0.2) is 0 Å². The minimum absolute atomic E-state index is 0. The molecular formula is C14H19ClF3N3O3S. The third kappa shape index (κ3) is 5.84. The SMILES string of the molecule is CC1CN(C(=O)CNS(=O)(=O)c2cccc(C(F)(F)F)c2)CCN1.Cl. The molecule has 0 aromatic heterocycles. The molecule has 1 amide bonds. The van der Waals surface area contributed by atoms with Crippen LogP contribution in [0.25, 0.3) is 0 Å². The van der Waals surface area contributed by atoms with Crippen molar-refractivity contribution in [1.82, 2.24) is 14.9 Å². The van der Waals surface area contributed by atoms with Crippen LogP contribution in [0.3, 0.4) is 0 Å². The first kappa shape index (κ1) is 21.7. The van der Waals surface area contributed by atoms with Crippen molar-refractivity contribution in [2.45, 2.75) is 24.0 Å². The first-order valence-electron chi connectivity index (χ1n) is 7.28. The van der Waals surface area contributed by atoms with E-state index in [4.69, 9.17) is 0 Å². The quantitative estimate of drug-likeness (QED) is 0.795. The number of carbonyl (C=O) groups excluding carboxylic acids is 1. The van der Waals surface area contributed by atoms with Crippen molar-refractivity contribution >= 4 is 28.3 Å². The fraction of sp³-hybridized carbons (Fsp3) is 0.500. The summed E-state index contributed by atoms with van der Waals surface area (Å²) in [6, 6.07) is 3.49. The maximum Gasteiger partial charge on any atom is 0.416 e. The molecule has 2 N–H and O–H groups in total. The maximum atomic E-state index is 12.7. The van der Waals surface area contributed by atoms with Crippen molar-refractivity contribution in [3.8, 4) is 0 Å². The van der Waals surface area contributed by atoms with Gasteiger partial charge >= 0.3 is 6.18 Å². The van der Waals surface area contributed by atoms with E-state index in [0.29, 0.717) is 25.7 Å². The maximum absolute atomic E-state index is 12.7. The summed E-state index contributed by atoms with van der Waals surface area (Å²) in [6.07, 6.45) is -4.64. The van der Waals surface area contributed by atoms with E-state index in [1.807, 2.05) is 6.92 Å². The van der Waals surface area contributed by atoms with E-state index in [9.17, 15) is 26.4 Å². The van der Waals surface area contributed by atoms with E-state index in [2.05, 4.69) is 10.0 Å². The summed E-state index contributed by atoms with van der Waals surface area (Å²) in [4.78, 5) is 13.0. The Balaban J connectivity index is 0.00000312. The molecule has 1 aliphatic heterocycles. The number of nitrogens with zero attached hydrogens (tertiary/aromatic N) is 1. The predicted molar refractivity (Wildman–Crippen MR) is 87.9 cm³/mol. The first-order chi connectivity index (χ1) is 11.1. The van der Waals surface area contributed by atoms with Crippen molar-refractivity contribution in [3.05, 3.63) is 29.8 Å². The van der Waals surface area contributed by atoms with E-state index in [-0.39, 0.29) is 18.4 Å². The van der Waals surface area contributed by atoms with Gasteiger partial charge in [0.05, 0.1) is 17.0 Å². The number of benzene rings is 1. The first-order valence-corrected chi connectivity index (χ1v) is 8.76. The second kappa shape index (κ2) is 8.35. The Hall–Kier alpha value is -1.36. The molecule has 2 rings (SSSR count). The number of carbonyl (C=O) groups is 1. The van der Waals surface area contributed by atoms with Gasteiger partial charge in [0.1, 0.15) is 0 Å². The molecular weight excluding hydrogens is 383 g/mol. The third-order valence-corrected chi connectivity index (χ3v) is 5.01. The van der Waals surface area contributed by atoms with Gasteiger partial charge in [-0.05, 0) is 25.1 Å². The Morgan fingerprint density at radius 3 is 2.68 bits per heavy atom.